The topological polar surface area (TPSA) is 139 Å². The quantitative estimate of drug-likeness (QED) is 0.362. The lowest BCUT2D eigenvalue weighted by Gasteiger charge is -2.44. The van der Waals surface area contributed by atoms with Crippen LogP contribution in [0.5, 0.6) is 0 Å². The summed E-state index contributed by atoms with van der Waals surface area (Å²) in [5.41, 5.74) is 0.682. The van der Waals surface area contributed by atoms with Crippen molar-refractivity contribution in [1.29, 1.82) is 0 Å². The fraction of sp³-hybridized carbons (Fsp3) is 0.760. The van der Waals surface area contributed by atoms with Gasteiger partial charge in [-0.25, -0.2) is 0 Å². The third kappa shape index (κ3) is 7.42. The lowest BCUT2D eigenvalue weighted by atomic mass is 9.65. The highest BCUT2D eigenvalue weighted by Gasteiger charge is 2.42. The number of carboxylic acid groups (broad SMARTS) is 1. The van der Waals surface area contributed by atoms with Gasteiger partial charge in [-0.15, -0.1) is 0 Å². The minimum atomic E-state index is -1.07. The van der Waals surface area contributed by atoms with E-state index in [1.807, 2.05) is 20.8 Å². The molecule has 0 fully saturated rings. The van der Waals surface area contributed by atoms with Gasteiger partial charge in [-0.3, -0.25) is 9.59 Å². The van der Waals surface area contributed by atoms with E-state index in [2.05, 4.69) is 32.1 Å². The van der Waals surface area contributed by atoms with Crippen LogP contribution in [-0.2, 0) is 14.3 Å². The number of aliphatic hydroxyl groups is 2. The lowest BCUT2D eigenvalue weighted by Crippen LogP contribution is -2.43. The standard InChI is InChI=1S/C25H40O6.H3N/c1-6-25(4,5)24(30)31-21-12-15(2)11-17-8-7-16(3)20(23(17)21)10-9-18(26)13-19(27)14-22(28)29;/h7-8,11,15-16,18-21,23,26-27H,6,9-10,12-14H2,1-5H3,(H,28,29);1H3/t15-,16+,18-,19-,20+,21+,23+;/m1./s1. The van der Waals surface area contributed by atoms with Crippen molar-refractivity contribution in [3.63, 3.8) is 0 Å². The van der Waals surface area contributed by atoms with E-state index in [1.54, 1.807) is 0 Å². The van der Waals surface area contributed by atoms with Gasteiger partial charge in [-0.2, -0.15) is 0 Å². The number of carbonyl (C=O) groups is 2. The molecule has 2 aliphatic carbocycles. The lowest BCUT2D eigenvalue weighted by molar-refractivity contribution is -0.164. The van der Waals surface area contributed by atoms with Crippen LogP contribution in [0.3, 0.4) is 0 Å². The highest BCUT2D eigenvalue weighted by atomic mass is 16.5. The van der Waals surface area contributed by atoms with E-state index in [0.29, 0.717) is 25.2 Å². The molecule has 6 N–H and O–H groups in total. The van der Waals surface area contributed by atoms with Crippen LogP contribution >= 0.6 is 0 Å². The Morgan fingerprint density at radius 3 is 2.47 bits per heavy atom. The number of aliphatic carboxylic acids is 1. The Morgan fingerprint density at radius 2 is 1.88 bits per heavy atom. The van der Waals surface area contributed by atoms with Crippen LogP contribution in [0.25, 0.3) is 0 Å². The summed E-state index contributed by atoms with van der Waals surface area (Å²) in [4.78, 5) is 23.6. The molecule has 2 rings (SSSR count). The van der Waals surface area contributed by atoms with Crippen LogP contribution in [-0.4, -0.2) is 45.6 Å². The van der Waals surface area contributed by atoms with E-state index >= 15 is 0 Å². The van der Waals surface area contributed by atoms with Gasteiger partial charge in [-0.05, 0) is 69.3 Å². The zero-order chi connectivity index (χ0) is 23.3. The summed E-state index contributed by atoms with van der Waals surface area (Å²) in [7, 11) is 0. The molecule has 0 unspecified atom stereocenters. The summed E-state index contributed by atoms with van der Waals surface area (Å²) in [6, 6.07) is 0. The van der Waals surface area contributed by atoms with Gasteiger partial charge in [0.25, 0.3) is 0 Å². The zero-order valence-electron chi connectivity index (χ0n) is 20.3. The third-order valence-electron chi connectivity index (χ3n) is 7.08. The number of allylic oxidation sites excluding steroid dienone is 3. The molecule has 0 aliphatic heterocycles. The zero-order valence-corrected chi connectivity index (χ0v) is 20.3. The smallest absolute Gasteiger partial charge is 0.311 e. The van der Waals surface area contributed by atoms with Crippen LogP contribution in [0, 0.1) is 29.1 Å². The summed E-state index contributed by atoms with van der Waals surface area (Å²) < 4.78 is 6.10. The van der Waals surface area contributed by atoms with E-state index in [1.165, 1.54) is 5.57 Å². The molecule has 0 radical (unpaired) electrons. The number of rotatable bonds is 10. The number of aliphatic hydroxyl groups excluding tert-OH is 2. The van der Waals surface area contributed by atoms with Crippen LogP contribution in [0.4, 0.5) is 0 Å². The molecule has 0 saturated heterocycles. The van der Waals surface area contributed by atoms with Gasteiger partial charge < -0.3 is 26.2 Å². The minimum Gasteiger partial charge on any atom is -0.481 e. The molecule has 0 bridgehead atoms. The van der Waals surface area contributed by atoms with Gasteiger partial charge in [0.15, 0.2) is 0 Å². The number of hydrogen-bond acceptors (Lipinski definition) is 6. The van der Waals surface area contributed by atoms with Gasteiger partial charge in [0.2, 0.25) is 0 Å². The molecule has 0 aromatic heterocycles. The van der Waals surface area contributed by atoms with Gasteiger partial charge >= 0.3 is 11.9 Å². The highest BCUT2D eigenvalue weighted by molar-refractivity contribution is 5.76. The van der Waals surface area contributed by atoms with E-state index in [0.717, 1.165) is 6.42 Å². The van der Waals surface area contributed by atoms with Crippen LogP contribution in [0.2, 0.25) is 0 Å². The Labute approximate surface area is 192 Å². The van der Waals surface area contributed by atoms with Crippen molar-refractivity contribution in [3.8, 4) is 0 Å². The van der Waals surface area contributed by atoms with Crippen molar-refractivity contribution in [1.82, 2.24) is 6.15 Å². The summed E-state index contributed by atoms with van der Waals surface area (Å²) in [5, 5.41) is 29.0. The molecule has 0 amide bonds. The summed E-state index contributed by atoms with van der Waals surface area (Å²) in [5.74, 6) is -0.347. The summed E-state index contributed by atoms with van der Waals surface area (Å²) in [6.07, 6.45) is 6.98. The molecule has 0 heterocycles. The third-order valence-corrected chi connectivity index (χ3v) is 7.08. The molecule has 7 heteroatoms. The van der Waals surface area contributed by atoms with E-state index in [4.69, 9.17) is 9.84 Å². The Balaban J connectivity index is 0.00000512. The molecule has 32 heavy (non-hydrogen) atoms. The monoisotopic (exact) mass is 453 g/mol. The fourth-order valence-electron chi connectivity index (χ4n) is 4.76. The molecular formula is C25H43NO6. The molecule has 7 atom stereocenters. The highest BCUT2D eigenvalue weighted by Crippen LogP contribution is 2.45. The normalized spacial score (nSPS) is 29.2. The van der Waals surface area contributed by atoms with E-state index in [-0.39, 0.29) is 48.8 Å². The SMILES string of the molecule is CCC(C)(C)C(=O)O[C@H]1C[C@H](C)C=C2C=C[C@H](C)[C@H](CC[C@@H](O)C[C@@H](O)CC(=O)O)[C@H]21.N. The predicted octanol–water partition coefficient (Wildman–Crippen LogP) is 4.27. The van der Waals surface area contributed by atoms with Crippen molar-refractivity contribution in [2.75, 3.05) is 0 Å². The molecule has 0 aromatic rings. The number of carbonyl (C=O) groups excluding carboxylic acids is 1. The molecule has 0 saturated carbocycles. The van der Waals surface area contributed by atoms with E-state index in [9.17, 15) is 19.8 Å². The molecule has 0 aromatic carbocycles. The first-order valence-corrected chi connectivity index (χ1v) is 11.6. The first-order valence-electron chi connectivity index (χ1n) is 11.6. The fourth-order valence-corrected chi connectivity index (χ4v) is 4.76. The van der Waals surface area contributed by atoms with E-state index < -0.39 is 23.6 Å². The Hall–Kier alpha value is -1.70. The second kappa shape index (κ2) is 12.0. The van der Waals surface area contributed by atoms with Crippen molar-refractivity contribution in [2.24, 2.45) is 29.1 Å². The summed E-state index contributed by atoms with van der Waals surface area (Å²) in [6.45, 7) is 10.1. The van der Waals surface area contributed by atoms with Crippen molar-refractivity contribution < 1.29 is 29.6 Å². The number of fused-ring (bicyclic) bond motifs is 1. The first kappa shape index (κ1) is 28.3. The minimum absolute atomic E-state index is 0. The van der Waals surface area contributed by atoms with Crippen molar-refractivity contribution in [3.05, 3.63) is 23.8 Å². The van der Waals surface area contributed by atoms with Gasteiger partial charge in [0, 0.05) is 5.92 Å². The molecule has 184 valence electrons. The number of esters is 1. The molecule has 7 nitrogen and oxygen atoms in total. The maximum atomic E-state index is 12.8. The number of ether oxygens (including phenoxy) is 1. The van der Waals surface area contributed by atoms with Crippen LogP contribution in [0.15, 0.2) is 23.8 Å². The first-order chi connectivity index (χ1) is 14.4. The van der Waals surface area contributed by atoms with Gasteiger partial charge in [-0.1, -0.05) is 39.0 Å². The van der Waals surface area contributed by atoms with Gasteiger partial charge in [0.05, 0.1) is 24.0 Å². The van der Waals surface area contributed by atoms with Crippen molar-refractivity contribution >= 4 is 11.9 Å². The second-order valence-corrected chi connectivity index (χ2v) is 10.2. The Morgan fingerprint density at radius 1 is 1.22 bits per heavy atom. The van der Waals surface area contributed by atoms with Gasteiger partial charge in [0.1, 0.15) is 6.10 Å². The summed E-state index contributed by atoms with van der Waals surface area (Å²) >= 11 is 0. The maximum Gasteiger partial charge on any atom is 0.311 e. The maximum absolute atomic E-state index is 12.8. The van der Waals surface area contributed by atoms with Crippen LogP contribution < -0.4 is 6.15 Å². The average Bonchev–Trinajstić information content (AvgIpc) is 2.66. The Bertz CT molecular complexity index is 701. The second-order valence-electron chi connectivity index (χ2n) is 10.2. The number of carboxylic acids is 1. The van der Waals surface area contributed by atoms with Crippen LogP contribution in [0.1, 0.15) is 73.1 Å². The Kier molecular flexibility index (Phi) is 10.6. The predicted molar refractivity (Wildman–Crippen MR) is 124 cm³/mol. The molecule has 0 spiro atoms. The molecule has 2 aliphatic rings. The molecular weight excluding hydrogens is 410 g/mol. The largest absolute Gasteiger partial charge is 0.481 e. The van der Waals surface area contributed by atoms with Crippen molar-refractivity contribution in [2.45, 2.75) is 91.5 Å². The number of hydrogen-bond donors (Lipinski definition) is 4. The average molecular weight is 454 g/mol.